The Kier molecular flexibility index (Phi) is 5.40. The van der Waals surface area contributed by atoms with Crippen molar-refractivity contribution in [3.05, 3.63) is 70.9 Å². The zero-order chi connectivity index (χ0) is 22.4. The van der Waals surface area contributed by atoms with E-state index in [2.05, 4.69) is 14.7 Å². The number of alkyl halides is 3. The van der Waals surface area contributed by atoms with Gasteiger partial charge in [0.15, 0.2) is 0 Å². The first-order chi connectivity index (χ1) is 14.5. The number of thiazole rings is 1. The fourth-order valence-electron chi connectivity index (χ4n) is 2.89. The molecule has 0 bridgehead atoms. The smallest absolute Gasteiger partial charge is 0.279 e. The summed E-state index contributed by atoms with van der Waals surface area (Å²) in [5, 5.41) is 0.406. The van der Waals surface area contributed by atoms with Crippen LogP contribution in [0.4, 0.5) is 18.9 Å². The number of sulfonamides is 1. The number of nitrogens with zero attached hydrogens (tertiary/aromatic N) is 2. The molecule has 4 aromatic rings. The number of aryl methyl sites for hydroxylation is 1. The molecule has 0 saturated heterocycles. The highest BCUT2D eigenvalue weighted by Crippen LogP contribution is 2.35. The molecule has 2 heterocycles. The second-order valence-electron chi connectivity index (χ2n) is 6.62. The van der Waals surface area contributed by atoms with Gasteiger partial charge in [0.2, 0.25) is 0 Å². The maximum Gasteiger partial charge on any atom is 0.416 e. The summed E-state index contributed by atoms with van der Waals surface area (Å²) in [6.45, 7) is 1.68. The minimum atomic E-state index is -4.70. The lowest BCUT2D eigenvalue weighted by Gasteiger charge is -2.14. The van der Waals surface area contributed by atoms with Gasteiger partial charge in [0, 0.05) is 11.8 Å². The highest BCUT2D eigenvalue weighted by molar-refractivity contribution is 7.92. The summed E-state index contributed by atoms with van der Waals surface area (Å²) in [6.07, 6.45) is -3.02. The van der Waals surface area contributed by atoms with Gasteiger partial charge in [-0.25, -0.2) is 18.4 Å². The van der Waals surface area contributed by atoms with Crippen LogP contribution in [0.25, 0.3) is 20.9 Å². The van der Waals surface area contributed by atoms with Gasteiger partial charge in [0.05, 0.1) is 16.3 Å². The molecule has 0 aliphatic heterocycles. The Morgan fingerprint density at radius 1 is 1.10 bits per heavy atom. The Hall–Kier alpha value is -2.69. The molecule has 0 amide bonds. The molecule has 0 fully saturated rings. The van der Waals surface area contributed by atoms with Crippen molar-refractivity contribution in [3.8, 4) is 10.6 Å². The van der Waals surface area contributed by atoms with Crippen LogP contribution in [0.2, 0.25) is 5.02 Å². The minimum absolute atomic E-state index is 0.219. The van der Waals surface area contributed by atoms with Crippen LogP contribution in [-0.4, -0.2) is 18.4 Å². The van der Waals surface area contributed by atoms with E-state index in [1.54, 1.807) is 31.3 Å². The van der Waals surface area contributed by atoms with Gasteiger partial charge in [-0.3, -0.25) is 4.72 Å². The zero-order valence-electron chi connectivity index (χ0n) is 15.7. The second-order valence-corrected chi connectivity index (χ2v) is 9.66. The number of nitrogens with one attached hydrogen (secondary N) is 1. The van der Waals surface area contributed by atoms with Crippen LogP contribution < -0.4 is 4.72 Å². The van der Waals surface area contributed by atoms with E-state index in [1.165, 1.54) is 17.4 Å². The number of fused-ring (bicyclic) bond motifs is 1. The summed E-state index contributed by atoms with van der Waals surface area (Å²) >= 11 is 7.28. The molecule has 31 heavy (non-hydrogen) atoms. The van der Waals surface area contributed by atoms with Crippen LogP contribution in [0.15, 0.2) is 59.6 Å². The molecule has 4 rings (SSSR count). The average Bonchev–Trinajstić information content (AvgIpc) is 3.13. The predicted molar refractivity (Wildman–Crippen MR) is 115 cm³/mol. The largest absolute Gasteiger partial charge is 0.416 e. The summed E-state index contributed by atoms with van der Waals surface area (Å²) in [7, 11) is -4.35. The third-order valence-electron chi connectivity index (χ3n) is 4.43. The van der Waals surface area contributed by atoms with E-state index in [-0.39, 0.29) is 10.7 Å². The standard InChI is InChI=1S/C20H13ClF3N3O2S2/c1-11-9-12(18-26-16-3-2-8-25-19(16)30-18)4-7-15(11)27-31(28,29)17-10-13(20(22,23)24)5-6-14(17)21/h2-10,27H,1H3. The Morgan fingerprint density at radius 2 is 1.87 bits per heavy atom. The number of pyridine rings is 1. The molecule has 0 atom stereocenters. The van der Waals surface area contributed by atoms with Crippen molar-refractivity contribution >= 4 is 49.0 Å². The van der Waals surface area contributed by atoms with Crippen LogP contribution in [-0.2, 0) is 16.2 Å². The normalized spacial score (nSPS) is 12.3. The Balaban J connectivity index is 1.66. The van der Waals surface area contributed by atoms with E-state index in [1.807, 2.05) is 6.07 Å². The molecule has 0 aliphatic carbocycles. The molecule has 0 aliphatic rings. The minimum Gasteiger partial charge on any atom is -0.279 e. The van der Waals surface area contributed by atoms with Crippen LogP contribution in [0.1, 0.15) is 11.1 Å². The van der Waals surface area contributed by atoms with Gasteiger partial charge < -0.3 is 0 Å². The quantitative estimate of drug-likeness (QED) is 0.378. The van der Waals surface area contributed by atoms with Gasteiger partial charge in [-0.15, -0.1) is 0 Å². The number of rotatable bonds is 4. The summed E-state index contributed by atoms with van der Waals surface area (Å²) in [4.78, 5) is 8.90. The van der Waals surface area contributed by atoms with Gasteiger partial charge in [-0.1, -0.05) is 22.9 Å². The second kappa shape index (κ2) is 7.77. The molecule has 5 nitrogen and oxygen atoms in total. The lowest BCUT2D eigenvalue weighted by molar-refractivity contribution is -0.137. The number of hydrogen-bond donors (Lipinski definition) is 1. The van der Waals surface area contributed by atoms with Crippen LogP contribution >= 0.6 is 22.9 Å². The van der Waals surface area contributed by atoms with E-state index >= 15 is 0 Å². The van der Waals surface area contributed by atoms with Crippen molar-refractivity contribution in [1.82, 2.24) is 9.97 Å². The number of aromatic nitrogens is 2. The first kappa shape index (κ1) is 21.5. The van der Waals surface area contributed by atoms with Crippen molar-refractivity contribution < 1.29 is 21.6 Å². The van der Waals surface area contributed by atoms with Gasteiger partial charge in [0.25, 0.3) is 10.0 Å². The Morgan fingerprint density at radius 3 is 2.55 bits per heavy atom. The lowest BCUT2D eigenvalue weighted by atomic mass is 10.1. The van der Waals surface area contributed by atoms with Crippen LogP contribution in [0.5, 0.6) is 0 Å². The SMILES string of the molecule is Cc1cc(-c2nc3cccnc3s2)ccc1NS(=O)(=O)c1cc(C(F)(F)F)ccc1Cl. The van der Waals surface area contributed by atoms with Crippen molar-refractivity contribution in [1.29, 1.82) is 0 Å². The first-order valence-electron chi connectivity index (χ1n) is 8.77. The predicted octanol–water partition coefficient (Wildman–Crippen LogP) is 6.14. The third-order valence-corrected chi connectivity index (χ3v) is 7.31. The molecular formula is C20H13ClF3N3O2S2. The molecule has 0 spiro atoms. The van der Waals surface area contributed by atoms with E-state index in [0.717, 1.165) is 28.0 Å². The summed E-state index contributed by atoms with van der Waals surface area (Å²) in [5.74, 6) is 0. The molecule has 0 radical (unpaired) electrons. The van der Waals surface area contributed by atoms with Crippen molar-refractivity contribution in [2.24, 2.45) is 0 Å². The highest BCUT2D eigenvalue weighted by atomic mass is 35.5. The topological polar surface area (TPSA) is 72.0 Å². The lowest BCUT2D eigenvalue weighted by Crippen LogP contribution is -2.16. The van der Waals surface area contributed by atoms with Crippen molar-refractivity contribution in [2.75, 3.05) is 4.72 Å². The van der Waals surface area contributed by atoms with Crippen LogP contribution in [0, 0.1) is 6.92 Å². The zero-order valence-corrected chi connectivity index (χ0v) is 18.1. The van der Waals surface area contributed by atoms with Gasteiger partial charge in [-0.2, -0.15) is 13.2 Å². The molecule has 160 valence electrons. The maximum absolute atomic E-state index is 13.0. The molecule has 2 aromatic carbocycles. The molecule has 1 N–H and O–H groups in total. The van der Waals surface area contributed by atoms with Crippen LogP contribution in [0.3, 0.4) is 0 Å². The van der Waals surface area contributed by atoms with Crippen molar-refractivity contribution in [2.45, 2.75) is 18.0 Å². The number of anilines is 1. The van der Waals surface area contributed by atoms with E-state index in [9.17, 15) is 21.6 Å². The summed E-state index contributed by atoms with van der Waals surface area (Å²) < 4.78 is 66.8. The van der Waals surface area contributed by atoms with E-state index < -0.39 is 26.7 Å². The summed E-state index contributed by atoms with van der Waals surface area (Å²) in [5.41, 5.74) is 1.20. The fraction of sp³-hybridized carbons (Fsp3) is 0.100. The molecule has 11 heteroatoms. The van der Waals surface area contributed by atoms with Crippen molar-refractivity contribution in [3.63, 3.8) is 0 Å². The number of hydrogen-bond acceptors (Lipinski definition) is 5. The van der Waals surface area contributed by atoms with Gasteiger partial charge in [-0.05, 0) is 61.0 Å². The Labute approximate surface area is 184 Å². The number of benzene rings is 2. The highest BCUT2D eigenvalue weighted by Gasteiger charge is 2.33. The third kappa shape index (κ3) is 4.36. The average molecular weight is 484 g/mol. The Bertz CT molecular complexity index is 1370. The molecule has 2 aromatic heterocycles. The monoisotopic (exact) mass is 483 g/mol. The van der Waals surface area contributed by atoms with Gasteiger partial charge >= 0.3 is 6.18 Å². The molecule has 0 saturated carbocycles. The van der Waals surface area contributed by atoms with Gasteiger partial charge in [0.1, 0.15) is 20.3 Å². The number of halogens is 4. The molecule has 0 unspecified atom stereocenters. The first-order valence-corrected chi connectivity index (χ1v) is 11.4. The van der Waals surface area contributed by atoms with E-state index in [4.69, 9.17) is 11.6 Å². The fourth-order valence-corrected chi connectivity index (χ4v) is 5.45. The maximum atomic E-state index is 13.0. The summed E-state index contributed by atoms with van der Waals surface area (Å²) in [6, 6.07) is 10.7. The molecular weight excluding hydrogens is 471 g/mol. The van der Waals surface area contributed by atoms with E-state index in [0.29, 0.717) is 16.6 Å².